The van der Waals surface area contributed by atoms with Crippen molar-refractivity contribution in [2.45, 2.75) is 6.92 Å². The molecule has 0 aliphatic rings. The third-order valence-corrected chi connectivity index (χ3v) is 1.55. The van der Waals surface area contributed by atoms with E-state index in [9.17, 15) is 0 Å². The van der Waals surface area contributed by atoms with Crippen LogP contribution in [0.3, 0.4) is 0 Å². The van der Waals surface area contributed by atoms with Crippen LogP contribution in [0.4, 0.5) is 11.4 Å². The second-order valence-electron chi connectivity index (χ2n) is 2.56. The Hall–Kier alpha value is -1.51. The standard InChI is InChI=1S/C9H13N3/c1-7(11-2)12-9-5-3-4-8(10)6-9/h3-6H,10H2,1-2H3,(H,11,12). The Morgan fingerprint density at radius 2 is 2.25 bits per heavy atom. The Balaban J connectivity index is 2.76. The van der Waals surface area contributed by atoms with E-state index in [0.29, 0.717) is 0 Å². The molecule has 1 rings (SSSR count). The van der Waals surface area contributed by atoms with Crippen molar-refractivity contribution in [1.82, 2.24) is 0 Å². The fourth-order valence-electron chi connectivity index (χ4n) is 0.881. The van der Waals surface area contributed by atoms with Crippen LogP contribution in [0, 0.1) is 0 Å². The molecule has 0 bridgehead atoms. The van der Waals surface area contributed by atoms with Gasteiger partial charge in [-0.3, -0.25) is 4.99 Å². The zero-order chi connectivity index (χ0) is 8.97. The normalized spacial score (nSPS) is 11.3. The summed E-state index contributed by atoms with van der Waals surface area (Å²) < 4.78 is 0. The summed E-state index contributed by atoms with van der Waals surface area (Å²) in [7, 11) is 1.74. The third-order valence-electron chi connectivity index (χ3n) is 1.55. The molecule has 3 nitrogen and oxygen atoms in total. The van der Waals surface area contributed by atoms with Crippen LogP contribution in [-0.4, -0.2) is 12.9 Å². The van der Waals surface area contributed by atoms with E-state index >= 15 is 0 Å². The van der Waals surface area contributed by atoms with Crippen LogP contribution in [0.25, 0.3) is 0 Å². The fraction of sp³-hybridized carbons (Fsp3) is 0.222. The number of hydrogen-bond acceptors (Lipinski definition) is 2. The molecule has 1 aromatic rings. The Morgan fingerprint density at radius 1 is 1.50 bits per heavy atom. The van der Waals surface area contributed by atoms with Gasteiger partial charge in [-0.2, -0.15) is 0 Å². The van der Waals surface area contributed by atoms with Gasteiger partial charge in [0.1, 0.15) is 0 Å². The SMILES string of the molecule is CN=C(C)Nc1cccc(N)c1. The van der Waals surface area contributed by atoms with E-state index in [-0.39, 0.29) is 0 Å². The van der Waals surface area contributed by atoms with Gasteiger partial charge in [0.2, 0.25) is 0 Å². The summed E-state index contributed by atoms with van der Waals surface area (Å²) in [5.41, 5.74) is 7.32. The number of nitrogens with two attached hydrogens (primary N) is 1. The molecule has 0 saturated carbocycles. The molecule has 0 aliphatic heterocycles. The molecule has 0 aromatic heterocycles. The molecule has 0 heterocycles. The number of amidine groups is 1. The first kappa shape index (κ1) is 8.59. The highest BCUT2D eigenvalue weighted by molar-refractivity contribution is 5.93. The number of nitrogens with one attached hydrogen (secondary N) is 1. The molecule has 0 aliphatic carbocycles. The Labute approximate surface area is 72.3 Å². The predicted molar refractivity (Wildman–Crippen MR) is 53.5 cm³/mol. The maximum absolute atomic E-state index is 5.60. The van der Waals surface area contributed by atoms with Crippen molar-refractivity contribution in [3.05, 3.63) is 24.3 Å². The largest absolute Gasteiger partial charge is 0.399 e. The number of rotatable bonds is 1. The minimum atomic E-state index is 0.754. The van der Waals surface area contributed by atoms with E-state index in [1.165, 1.54) is 0 Å². The lowest BCUT2D eigenvalue weighted by atomic mass is 10.3. The number of benzene rings is 1. The molecular formula is C9H13N3. The van der Waals surface area contributed by atoms with Crippen LogP contribution >= 0.6 is 0 Å². The zero-order valence-electron chi connectivity index (χ0n) is 7.33. The Kier molecular flexibility index (Phi) is 2.69. The van der Waals surface area contributed by atoms with Gasteiger partial charge in [-0.15, -0.1) is 0 Å². The van der Waals surface area contributed by atoms with Gasteiger partial charge < -0.3 is 11.1 Å². The zero-order valence-corrected chi connectivity index (χ0v) is 7.33. The second-order valence-corrected chi connectivity index (χ2v) is 2.56. The molecule has 1 aromatic carbocycles. The van der Waals surface area contributed by atoms with E-state index in [1.807, 2.05) is 31.2 Å². The molecule has 0 atom stereocenters. The van der Waals surface area contributed by atoms with Crippen LogP contribution in [-0.2, 0) is 0 Å². The number of nitrogens with zero attached hydrogens (tertiary/aromatic N) is 1. The minimum Gasteiger partial charge on any atom is -0.399 e. The molecule has 0 saturated heterocycles. The highest BCUT2D eigenvalue weighted by atomic mass is 15.0. The molecule has 0 unspecified atom stereocenters. The third kappa shape index (κ3) is 2.27. The highest BCUT2D eigenvalue weighted by Crippen LogP contribution is 2.11. The smallest absolute Gasteiger partial charge is 0.0972 e. The van der Waals surface area contributed by atoms with Gasteiger partial charge in [0, 0.05) is 18.4 Å². The molecule has 12 heavy (non-hydrogen) atoms. The van der Waals surface area contributed by atoms with Crippen LogP contribution < -0.4 is 11.1 Å². The molecule has 0 spiro atoms. The fourth-order valence-corrected chi connectivity index (χ4v) is 0.881. The van der Waals surface area contributed by atoms with E-state index in [0.717, 1.165) is 17.2 Å². The molecule has 0 radical (unpaired) electrons. The molecular weight excluding hydrogens is 150 g/mol. The first-order chi connectivity index (χ1) is 5.72. The first-order valence-corrected chi connectivity index (χ1v) is 3.78. The van der Waals surface area contributed by atoms with Crippen molar-refractivity contribution in [2.75, 3.05) is 18.1 Å². The lowest BCUT2D eigenvalue weighted by Gasteiger charge is -2.04. The summed E-state index contributed by atoms with van der Waals surface area (Å²) in [6, 6.07) is 7.57. The van der Waals surface area contributed by atoms with Crippen molar-refractivity contribution >= 4 is 17.2 Å². The van der Waals surface area contributed by atoms with Crippen LogP contribution in [0.5, 0.6) is 0 Å². The summed E-state index contributed by atoms with van der Waals surface area (Å²) in [5, 5.41) is 3.10. The minimum absolute atomic E-state index is 0.754. The number of nitrogen functional groups attached to an aromatic ring is 1. The van der Waals surface area contributed by atoms with Crippen molar-refractivity contribution in [3.63, 3.8) is 0 Å². The summed E-state index contributed by atoms with van der Waals surface area (Å²) in [6.07, 6.45) is 0. The van der Waals surface area contributed by atoms with E-state index in [2.05, 4.69) is 10.3 Å². The molecule has 3 N–H and O–H groups in total. The second kappa shape index (κ2) is 3.76. The average molecular weight is 163 g/mol. The summed E-state index contributed by atoms with van der Waals surface area (Å²) in [6.45, 7) is 1.91. The summed E-state index contributed by atoms with van der Waals surface area (Å²) >= 11 is 0. The van der Waals surface area contributed by atoms with Gasteiger partial charge in [0.25, 0.3) is 0 Å². The van der Waals surface area contributed by atoms with Gasteiger partial charge in [-0.25, -0.2) is 0 Å². The lowest BCUT2D eigenvalue weighted by molar-refractivity contribution is 1.40. The van der Waals surface area contributed by atoms with Crippen molar-refractivity contribution < 1.29 is 0 Å². The van der Waals surface area contributed by atoms with Gasteiger partial charge in [-0.1, -0.05) is 6.07 Å². The highest BCUT2D eigenvalue weighted by Gasteiger charge is 1.92. The van der Waals surface area contributed by atoms with E-state index in [4.69, 9.17) is 5.73 Å². The first-order valence-electron chi connectivity index (χ1n) is 3.78. The summed E-state index contributed by atoms with van der Waals surface area (Å²) in [5.74, 6) is 0.876. The van der Waals surface area contributed by atoms with Gasteiger partial charge in [-0.05, 0) is 25.1 Å². The van der Waals surface area contributed by atoms with Crippen molar-refractivity contribution in [2.24, 2.45) is 4.99 Å². The predicted octanol–water partition coefficient (Wildman–Crippen LogP) is 1.73. The van der Waals surface area contributed by atoms with Crippen LogP contribution in [0.15, 0.2) is 29.3 Å². The lowest BCUT2D eigenvalue weighted by Crippen LogP contribution is -2.06. The van der Waals surface area contributed by atoms with Crippen molar-refractivity contribution in [1.29, 1.82) is 0 Å². The van der Waals surface area contributed by atoms with Gasteiger partial charge in [0.05, 0.1) is 5.84 Å². The van der Waals surface area contributed by atoms with E-state index in [1.54, 1.807) is 7.05 Å². The van der Waals surface area contributed by atoms with E-state index < -0.39 is 0 Å². The van der Waals surface area contributed by atoms with Crippen molar-refractivity contribution in [3.8, 4) is 0 Å². The molecule has 0 fully saturated rings. The van der Waals surface area contributed by atoms with Crippen LogP contribution in [0.1, 0.15) is 6.92 Å². The Morgan fingerprint density at radius 3 is 2.83 bits per heavy atom. The monoisotopic (exact) mass is 163 g/mol. The number of aliphatic imine (C=N–C) groups is 1. The average Bonchev–Trinajstić information content (AvgIpc) is 2.04. The number of anilines is 2. The van der Waals surface area contributed by atoms with Gasteiger partial charge in [0.15, 0.2) is 0 Å². The molecule has 3 heteroatoms. The maximum atomic E-state index is 5.60. The van der Waals surface area contributed by atoms with Crippen LogP contribution in [0.2, 0.25) is 0 Å². The Bertz CT molecular complexity index is 292. The molecule has 0 amide bonds. The molecule has 64 valence electrons. The topological polar surface area (TPSA) is 50.4 Å². The van der Waals surface area contributed by atoms with Gasteiger partial charge >= 0.3 is 0 Å². The number of hydrogen-bond donors (Lipinski definition) is 2. The summed E-state index contributed by atoms with van der Waals surface area (Å²) in [4.78, 5) is 3.98. The maximum Gasteiger partial charge on any atom is 0.0972 e. The quantitative estimate of drug-likeness (QED) is 0.376.